The van der Waals surface area contributed by atoms with Crippen molar-refractivity contribution in [3.63, 3.8) is 0 Å². The molecule has 0 spiro atoms. The molecule has 1 saturated heterocycles. The van der Waals surface area contributed by atoms with Crippen LogP contribution in [0.4, 0.5) is 0 Å². The third kappa shape index (κ3) is 3.50. The molecular weight excluding hydrogens is 424 g/mol. The highest BCUT2D eigenvalue weighted by Crippen LogP contribution is 2.37. The van der Waals surface area contributed by atoms with Crippen LogP contribution >= 0.6 is 11.3 Å². The molecule has 0 aliphatic carbocycles. The predicted octanol–water partition coefficient (Wildman–Crippen LogP) is 4.42. The van der Waals surface area contributed by atoms with Crippen LogP contribution in [0.5, 0.6) is 11.5 Å². The van der Waals surface area contributed by atoms with Gasteiger partial charge in [0, 0.05) is 57.1 Å². The minimum Gasteiger partial charge on any atom is -0.456 e. The Morgan fingerprint density at radius 1 is 1.25 bits per heavy atom. The fourth-order valence-electron chi connectivity index (χ4n) is 4.25. The lowest BCUT2D eigenvalue weighted by molar-refractivity contribution is 0.0792. The topological polar surface area (TPSA) is 76.5 Å². The summed E-state index contributed by atoms with van der Waals surface area (Å²) in [6.07, 6.45) is 4.56. The third-order valence-corrected chi connectivity index (χ3v) is 7.09. The molecule has 3 aromatic heterocycles. The Balaban J connectivity index is 1.47. The molecule has 32 heavy (non-hydrogen) atoms. The van der Waals surface area contributed by atoms with E-state index in [1.165, 1.54) is 11.3 Å². The molecule has 164 valence electrons. The van der Waals surface area contributed by atoms with Crippen LogP contribution < -0.4 is 10.1 Å². The second-order valence-corrected chi connectivity index (χ2v) is 9.35. The molecule has 1 aliphatic heterocycles. The fraction of sp³-hybridized carbons (Fsp3) is 0.292. The summed E-state index contributed by atoms with van der Waals surface area (Å²) in [4.78, 5) is 32.1. The summed E-state index contributed by atoms with van der Waals surface area (Å²) in [7, 11) is 3.53. The average molecular weight is 449 g/mol. The highest BCUT2D eigenvalue weighted by atomic mass is 32.1. The van der Waals surface area contributed by atoms with Gasteiger partial charge in [0.05, 0.1) is 26.2 Å². The SMILES string of the molecule is CNC(=O)c1cn(C)c2cc(Oc3ccnc4cc(C(=O)N5CC[C@@H](C)C5)sc34)ccc12. The van der Waals surface area contributed by atoms with Crippen molar-refractivity contribution >= 4 is 44.3 Å². The zero-order chi connectivity index (χ0) is 22.4. The Morgan fingerprint density at radius 2 is 2.09 bits per heavy atom. The number of amides is 2. The molecule has 2 amide bonds. The minimum atomic E-state index is -0.122. The number of carbonyl (C=O) groups is 2. The van der Waals surface area contributed by atoms with Crippen LogP contribution in [0, 0.1) is 5.92 Å². The van der Waals surface area contributed by atoms with E-state index in [1.807, 2.05) is 53.0 Å². The summed E-state index contributed by atoms with van der Waals surface area (Å²) in [5.41, 5.74) is 2.28. The van der Waals surface area contributed by atoms with Gasteiger partial charge in [0.25, 0.3) is 11.8 Å². The monoisotopic (exact) mass is 448 g/mol. The van der Waals surface area contributed by atoms with Crippen LogP contribution in [0.2, 0.25) is 0 Å². The van der Waals surface area contributed by atoms with Crippen LogP contribution in [-0.4, -0.2) is 46.4 Å². The number of benzene rings is 1. The van der Waals surface area contributed by atoms with E-state index in [0.29, 0.717) is 27.9 Å². The van der Waals surface area contributed by atoms with Crippen molar-refractivity contribution in [1.82, 2.24) is 19.8 Å². The van der Waals surface area contributed by atoms with Crippen LogP contribution in [-0.2, 0) is 7.05 Å². The molecule has 0 bridgehead atoms. The molecule has 0 radical (unpaired) electrons. The van der Waals surface area contributed by atoms with Gasteiger partial charge >= 0.3 is 0 Å². The number of carbonyl (C=O) groups excluding carboxylic acids is 2. The van der Waals surface area contributed by atoms with Gasteiger partial charge in [-0.1, -0.05) is 6.92 Å². The van der Waals surface area contributed by atoms with Gasteiger partial charge in [-0.25, -0.2) is 0 Å². The van der Waals surface area contributed by atoms with E-state index in [-0.39, 0.29) is 11.8 Å². The Morgan fingerprint density at radius 3 is 2.84 bits per heavy atom. The van der Waals surface area contributed by atoms with E-state index in [9.17, 15) is 9.59 Å². The molecule has 5 rings (SSSR count). The van der Waals surface area contributed by atoms with Gasteiger partial charge in [-0.15, -0.1) is 11.3 Å². The van der Waals surface area contributed by atoms with Crippen molar-refractivity contribution < 1.29 is 14.3 Å². The van der Waals surface area contributed by atoms with E-state index >= 15 is 0 Å². The van der Waals surface area contributed by atoms with Gasteiger partial charge in [-0.05, 0) is 30.5 Å². The number of pyridine rings is 1. The highest BCUT2D eigenvalue weighted by Gasteiger charge is 2.26. The number of hydrogen-bond donors (Lipinski definition) is 1. The van der Waals surface area contributed by atoms with E-state index in [0.717, 1.165) is 40.6 Å². The maximum Gasteiger partial charge on any atom is 0.264 e. The van der Waals surface area contributed by atoms with Crippen molar-refractivity contribution in [2.24, 2.45) is 13.0 Å². The molecule has 1 aromatic carbocycles. The van der Waals surface area contributed by atoms with Gasteiger partial charge in [0.2, 0.25) is 0 Å². The molecule has 0 unspecified atom stereocenters. The summed E-state index contributed by atoms with van der Waals surface area (Å²) in [5, 5.41) is 3.54. The number of thiophene rings is 1. The number of nitrogens with zero attached hydrogens (tertiary/aromatic N) is 3. The minimum absolute atomic E-state index is 0.0651. The van der Waals surface area contributed by atoms with Gasteiger partial charge < -0.3 is 19.5 Å². The van der Waals surface area contributed by atoms with Gasteiger partial charge in [0.1, 0.15) is 11.5 Å². The standard InChI is InChI=1S/C24H24N4O3S/c1-14-7-9-28(12-14)24(30)21-11-18-22(32-21)20(6-8-26-18)31-15-4-5-16-17(23(29)25-2)13-27(3)19(16)10-15/h4-6,8,10-11,13-14H,7,9,12H2,1-3H3,(H,25,29)/t14-/m1/s1. The largest absolute Gasteiger partial charge is 0.456 e. The molecule has 7 nitrogen and oxygen atoms in total. The lowest BCUT2D eigenvalue weighted by atomic mass is 10.1. The summed E-state index contributed by atoms with van der Waals surface area (Å²) in [6, 6.07) is 9.33. The van der Waals surface area contributed by atoms with E-state index in [1.54, 1.807) is 13.2 Å². The molecule has 4 heterocycles. The number of aryl methyl sites for hydroxylation is 1. The van der Waals surface area contributed by atoms with Crippen LogP contribution in [0.15, 0.2) is 42.7 Å². The quantitative estimate of drug-likeness (QED) is 0.501. The normalized spacial score (nSPS) is 16.1. The second kappa shape index (κ2) is 7.94. The van der Waals surface area contributed by atoms with E-state index in [2.05, 4.69) is 17.2 Å². The molecule has 1 atom stereocenters. The van der Waals surface area contributed by atoms with Gasteiger partial charge in [0.15, 0.2) is 0 Å². The number of rotatable bonds is 4. The molecule has 1 N–H and O–H groups in total. The third-order valence-electron chi connectivity index (χ3n) is 5.96. The lowest BCUT2D eigenvalue weighted by Crippen LogP contribution is -2.27. The maximum atomic E-state index is 12.9. The number of ether oxygens (including phenoxy) is 1. The zero-order valence-electron chi connectivity index (χ0n) is 18.2. The summed E-state index contributed by atoms with van der Waals surface area (Å²) in [5.74, 6) is 1.80. The maximum absolute atomic E-state index is 12.9. The summed E-state index contributed by atoms with van der Waals surface area (Å²) < 4.78 is 8.98. The number of hydrogen-bond acceptors (Lipinski definition) is 5. The van der Waals surface area contributed by atoms with Crippen molar-refractivity contribution in [3.05, 3.63) is 53.2 Å². The van der Waals surface area contributed by atoms with Crippen LogP contribution in [0.1, 0.15) is 33.4 Å². The molecule has 1 aliphatic rings. The number of fused-ring (bicyclic) bond motifs is 2. The van der Waals surface area contributed by atoms with E-state index < -0.39 is 0 Å². The van der Waals surface area contributed by atoms with Crippen LogP contribution in [0.3, 0.4) is 0 Å². The number of aromatic nitrogens is 2. The number of likely N-dealkylation sites (tertiary alicyclic amines) is 1. The molecule has 0 saturated carbocycles. The van der Waals surface area contributed by atoms with Crippen molar-refractivity contribution in [1.29, 1.82) is 0 Å². The van der Waals surface area contributed by atoms with Crippen LogP contribution in [0.25, 0.3) is 21.1 Å². The average Bonchev–Trinajstić information content (AvgIpc) is 3.50. The zero-order valence-corrected chi connectivity index (χ0v) is 19.0. The van der Waals surface area contributed by atoms with Crippen molar-refractivity contribution in [3.8, 4) is 11.5 Å². The Kier molecular flexibility index (Phi) is 5.09. The molecule has 4 aromatic rings. The fourth-order valence-corrected chi connectivity index (χ4v) is 5.28. The first-order chi connectivity index (χ1) is 15.4. The smallest absolute Gasteiger partial charge is 0.264 e. The van der Waals surface area contributed by atoms with Gasteiger partial charge in [-0.3, -0.25) is 14.6 Å². The Labute approximate surface area is 189 Å². The summed E-state index contributed by atoms with van der Waals surface area (Å²) >= 11 is 1.42. The van der Waals surface area contributed by atoms with Gasteiger partial charge in [-0.2, -0.15) is 0 Å². The summed E-state index contributed by atoms with van der Waals surface area (Å²) in [6.45, 7) is 3.78. The van der Waals surface area contributed by atoms with E-state index in [4.69, 9.17) is 4.74 Å². The first kappa shape index (κ1) is 20.5. The van der Waals surface area contributed by atoms with Crippen molar-refractivity contribution in [2.75, 3.05) is 20.1 Å². The Bertz CT molecular complexity index is 1360. The molecule has 1 fully saturated rings. The molecule has 8 heteroatoms. The highest BCUT2D eigenvalue weighted by molar-refractivity contribution is 7.21. The predicted molar refractivity (Wildman–Crippen MR) is 126 cm³/mol. The lowest BCUT2D eigenvalue weighted by Gasteiger charge is -2.14. The Hall–Kier alpha value is -3.39. The first-order valence-electron chi connectivity index (χ1n) is 10.6. The van der Waals surface area contributed by atoms with Crippen molar-refractivity contribution in [2.45, 2.75) is 13.3 Å². The first-order valence-corrected chi connectivity index (χ1v) is 11.4. The second-order valence-electron chi connectivity index (χ2n) is 8.29. The number of nitrogens with one attached hydrogen (secondary N) is 1. The molecular formula is C24H24N4O3S.